The molecule has 8 nitrogen and oxygen atoms in total. The Labute approximate surface area is 147 Å². The van der Waals surface area contributed by atoms with Gasteiger partial charge in [0.1, 0.15) is 5.60 Å². The standard InChI is InChI=1S/C17H26N4O4/c1-16(2,3)24-15(22)20-7-4-12(5-8-20)13-18-14(19-25-13)21-9-6-17(21)10-23-11-17/h12H,4-11H2,1-3H3. The summed E-state index contributed by atoms with van der Waals surface area (Å²) in [6, 6.07) is 0. The van der Waals surface area contributed by atoms with Gasteiger partial charge in [-0.3, -0.25) is 0 Å². The molecule has 0 unspecified atom stereocenters. The van der Waals surface area contributed by atoms with Gasteiger partial charge < -0.3 is 23.8 Å². The Bertz CT molecular complexity index is 636. The van der Waals surface area contributed by atoms with Crippen LogP contribution in [0.15, 0.2) is 4.52 Å². The predicted octanol–water partition coefficient (Wildman–Crippen LogP) is 2.16. The molecule has 3 aliphatic heterocycles. The Hall–Kier alpha value is -1.83. The Balaban J connectivity index is 1.33. The Kier molecular flexibility index (Phi) is 3.90. The number of amides is 1. The van der Waals surface area contributed by atoms with Crippen molar-refractivity contribution in [2.45, 2.75) is 57.1 Å². The first kappa shape index (κ1) is 16.6. The molecule has 0 aliphatic carbocycles. The first-order valence-electron chi connectivity index (χ1n) is 9.03. The topological polar surface area (TPSA) is 80.9 Å². The van der Waals surface area contributed by atoms with Crippen molar-refractivity contribution < 1.29 is 18.8 Å². The van der Waals surface area contributed by atoms with E-state index in [9.17, 15) is 4.79 Å². The van der Waals surface area contributed by atoms with Crippen molar-refractivity contribution in [2.75, 3.05) is 37.7 Å². The Morgan fingerprint density at radius 2 is 1.96 bits per heavy atom. The number of carbonyl (C=O) groups excluding carboxylic acids is 1. The molecule has 0 bridgehead atoms. The first-order chi connectivity index (χ1) is 11.9. The van der Waals surface area contributed by atoms with Crippen LogP contribution in [-0.2, 0) is 9.47 Å². The summed E-state index contributed by atoms with van der Waals surface area (Å²) in [5.74, 6) is 1.56. The van der Waals surface area contributed by atoms with Gasteiger partial charge in [-0.05, 0) is 45.2 Å². The third-order valence-electron chi connectivity index (χ3n) is 5.28. The molecule has 4 heterocycles. The third-order valence-corrected chi connectivity index (χ3v) is 5.28. The van der Waals surface area contributed by atoms with Gasteiger partial charge in [0.15, 0.2) is 0 Å². The molecule has 0 N–H and O–H groups in total. The van der Waals surface area contributed by atoms with E-state index in [1.807, 2.05) is 20.8 Å². The van der Waals surface area contributed by atoms with Crippen molar-refractivity contribution in [2.24, 2.45) is 0 Å². The van der Waals surface area contributed by atoms with E-state index in [-0.39, 0.29) is 17.6 Å². The van der Waals surface area contributed by atoms with Crippen molar-refractivity contribution in [3.63, 3.8) is 0 Å². The molecule has 0 saturated carbocycles. The fourth-order valence-corrected chi connectivity index (χ4v) is 3.63. The molecule has 4 rings (SSSR count). The molecule has 0 aromatic carbocycles. The lowest BCUT2D eigenvalue weighted by Gasteiger charge is -2.56. The highest BCUT2D eigenvalue weighted by Crippen LogP contribution is 2.40. The van der Waals surface area contributed by atoms with Crippen LogP contribution >= 0.6 is 0 Å². The molecule has 3 fully saturated rings. The van der Waals surface area contributed by atoms with Gasteiger partial charge in [0, 0.05) is 25.6 Å². The van der Waals surface area contributed by atoms with E-state index in [0.29, 0.717) is 24.9 Å². The molecule has 25 heavy (non-hydrogen) atoms. The largest absolute Gasteiger partial charge is 0.444 e. The van der Waals surface area contributed by atoms with Crippen LogP contribution in [0.5, 0.6) is 0 Å². The van der Waals surface area contributed by atoms with E-state index in [4.69, 9.17) is 14.0 Å². The Morgan fingerprint density at radius 3 is 2.48 bits per heavy atom. The normalized spacial score (nSPS) is 23.3. The van der Waals surface area contributed by atoms with E-state index in [1.165, 1.54) is 0 Å². The molecule has 8 heteroatoms. The fraction of sp³-hybridized carbons (Fsp3) is 0.824. The van der Waals surface area contributed by atoms with Gasteiger partial charge in [-0.2, -0.15) is 4.98 Å². The number of carbonyl (C=O) groups is 1. The SMILES string of the molecule is CC(C)(C)OC(=O)N1CCC(c2nc(N3CCC34COC4)no2)CC1. The van der Waals surface area contributed by atoms with Crippen LogP contribution < -0.4 is 4.90 Å². The third kappa shape index (κ3) is 3.07. The zero-order valence-corrected chi connectivity index (χ0v) is 15.2. The maximum absolute atomic E-state index is 12.1. The lowest BCUT2D eigenvalue weighted by atomic mass is 9.83. The highest BCUT2D eigenvalue weighted by atomic mass is 16.6. The van der Waals surface area contributed by atoms with E-state index in [2.05, 4.69) is 15.0 Å². The quantitative estimate of drug-likeness (QED) is 0.808. The average Bonchev–Trinajstić information content (AvgIpc) is 2.92. The number of ether oxygens (including phenoxy) is 2. The van der Waals surface area contributed by atoms with Gasteiger partial charge in [0.25, 0.3) is 5.95 Å². The smallest absolute Gasteiger partial charge is 0.410 e. The number of rotatable bonds is 2. The number of hydrogen-bond acceptors (Lipinski definition) is 7. The first-order valence-corrected chi connectivity index (χ1v) is 9.03. The monoisotopic (exact) mass is 350 g/mol. The maximum Gasteiger partial charge on any atom is 0.410 e. The van der Waals surface area contributed by atoms with Crippen molar-refractivity contribution in [1.82, 2.24) is 15.0 Å². The van der Waals surface area contributed by atoms with Gasteiger partial charge in [-0.1, -0.05) is 0 Å². The Morgan fingerprint density at radius 1 is 1.24 bits per heavy atom. The average molecular weight is 350 g/mol. The van der Waals surface area contributed by atoms with Crippen LogP contribution in [-0.4, -0.2) is 65.1 Å². The summed E-state index contributed by atoms with van der Waals surface area (Å²) < 4.78 is 16.3. The summed E-state index contributed by atoms with van der Waals surface area (Å²) in [5.41, 5.74) is -0.352. The van der Waals surface area contributed by atoms with Crippen molar-refractivity contribution in [3.05, 3.63) is 5.89 Å². The zero-order valence-electron chi connectivity index (χ0n) is 15.2. The van der Waals surface area contributed by atoms with Crippen LogP contribution in [0.1, 0.15) is 51.8 Å². The summed E-state index contributed by atoms with van der Waals surface area (Å²) in [7, 11) is 0. The van der Waals surface area contributed by atoms with E-state index < -0.39 is 5.60 Å². The fourth-order valence-electron chi connectivity index (χ4n) is 3.63. The lowest BCUT2D eigenvalue weighted by molar-refractivity contribution is -0.0857. The predicted molar refractivity (Wildman–Crippen MR) is 89.6 cm³/mol. The van der Waals surface area contributed by atoms with Crippen LogP contribution in [0, 0.1) is 0 Å². The number of nitrogens with zero attached hydrogens (tertiary/aromatic N) is 4. The maximum atomic E-state index is 12.1. The van der Waals surface area contributed by atoms with Crippen LogP contribution in [0.25, 0.3) is 0 Å². The minimum atomic E-state index is -0.465. The molecule has 3 aliphatic rings. The van der Waals surface area contributed by atoms with Gasteiger partial charge in [-0.15, -0.1) is 0 Å². The van der Waals surface area contributed by atoms with Gasteiger partial charge in [0.2, 0.25) is 5.89 Å². The second-order valence-corrected chi connectivity index (χ2v) is 8.29. The van der Waals surface area contributed by atoms with Gasteiger partial charge >= 0.3 is 6.09 Å². The van der Waals surface area contributed by atoms with Crippen molar-refractivity contribution >= 4 is 12.0 Å². The van der Waals surface area contributed by atoms with E-state index in [0.717, 1.165) is 39.0 Å². The van der Waals surface area contributed by atoms with Crippen molar-refractivity contribution in [1.29, 1.82) is 0 Å². The zero-order chi connectivity index (χ0) is 17.7. The molecule has 1 aromatic heterocycles. The lowest BCUT2D eigenvalue weighted by Crippen LogP contribution is -2.71. The molecular weight excluding hydrogens is 324 g/mol. The summed E-state index contributed by atoms with van der Waals surface area (Å²) in [6.07, 6.45) is 2.51. The summed E-state index contributed by atoms with van der Waals surface area (Å²) in [6.45, 7) is 9.42. The summed E-state index contributed by atoms with van der Waals surface area (Å²) >= 11 is 0. The summed E-state index contributed by atoms with van der Waals surface area (Å²) in [5, 5.41) is 4.17. The minimum Gasteiger partial charge on any atom is -0.444 e. The van der Waals surface area contributed by atoms with Crippen LogP contribution in [0.4, 0.5) is 10.7 Å². The minimum absolute atomic E-state index is 0.112. The molecule has 3 saturated heterocycles. The number of hydrogen-bond donors (Lipinski definition) is 0. The van der Waals surface area contributed by atoms with Gasteiger partial charge in [-0.25, -0.2) is 4.79 Å². The van der Waals surface area contributed by atoms with E-state index in [1.54, 1.807) is 4.90 Å². The van der Waals surface area contributed by atoms with Crippen molar-refractivity contribution in [3.8, 4) is 0 Å². The molecule has 138 valence electrons. The summed E-state index contributed by atoms with van der Waals surface area (Å²) in [4.78, 5) is 20.7. The molecule has 1 aromatic rings. The second-order valence-electron chi connectivity index (χ2n) is 8.29. The highest BCUT2D eigenvalue weighted by molar-refractivity contribution is 5.68. The van der Waals surface area contributed by atoms with Crippen LogP contribution in [0.3, 0.4) is 0 Å². The number of anilines is 1. The molecule has 1 amide bonds. The molecule has 1 spiro atoms. The number of aromatic nitrogens is 2. The van der Waals surface area contributed by atoms with Gasteiger partial charge in [0.05, 0.1) is 18.8 Å². The second kappa shape index (κ2) is 5.86. The molecular formula is C17H26N4O4. The number of piperidine rings is 1. The van der Waals surface area contributed by atoms with Crippen LogP contribution in [0.2, 0.25) is 0 Å². The van der Waals surface area contributed by atoms with E-state index >= 15 is 0 Å². The molecule has 0 atom stereocenters. The highest BCUT2D eigenvalue weighted by Gasteiger charge is 2.52. The number of likely N-dealkylation sites (tertiary alicyclic amines) is 1. The molecule has 0 radical (unpaired) electrons.